The van der Waals surface area contributed by atoms with Crippen molar-refractivity contribution in [2.45, 2.75) is 32.8 Å². The molecule has 0 unspecified atom stereocenters. The second-order valence-corrected chi connectivity index (χ2v) is 4.99. The fourth-order valence-corrected chi connectivity index (χ4v) is 2.02. The Morgan fingerprint density at radius 3 is 2.48 bits per heavy atom. The van der Waals surface area contributed by atoms with E-state index in [1.165, 1.54) is 5.56 Å². The summed E-state index contributed by atoms with van der Waals surface area (Å²) < 4.78 is 11.8. The van der Waals surface area contributed by atoms with Crippen LogP contribution < -0.4 is 9.47 Å². The molecule has 0 aliphatic rings. The molecule has 2 rings (SSSR count). The molecule has 0 bridgehead atoms. The van der Waals surface area contributed by atoms with E-state index in [0.717, 1.165) is 12.2 Å². The lowest BCUT2D eigenvalue weighted by atomic mass is 10.1. The highest BCUT2D eigenvalue weighted by Gasteiger charge is 2.11. The van der Waals surface area contributed by atoms with Crippen molar-refractivity contribution in [3.63, 3.8) is 0 Å². The SMILES string of the molecule is CCc1ccc(O[C@H](C)CCO)c(Oc2ccccc2)c1. The maximum Gasteiger partial charge on any atom is 0.169 e. The van der Waals surface area contributed by atoms with Gasteiger partial charge in [0, 0.05) is 13.0 Å². The Bertz CT molecular complexity index is 552. The molecule has 0 saturated carbocycles. The van der Waals surface area contributed by atoms with Gasteiger partial charge in [0.1, 0.15) is 5.75 Å². The van der Waals surface area contributed by atoms with E-state index in [1.54, 1.807) is 0 Å². The number of hydrogen-bond donors (Lipinski definition) is 1. The number of ether oxygens (including phenoxy) is 2. The van der Waals surface area contributed by atoms with Gasteiger partial charge in [-0.1, -0.05) is 31.2 Å². The molecule has 1 N–H and O–H groups in total. The summed E-state index contributed by atoms with van der Waals surface area (Å²) in [5.41, 5.74) is 1.20. The van der Waals surface area contributed by atoms with Crippen LogP contribution in [0.3, 0.4) is 0 Å². The Hall–Kier alpha value is -2.00. The third-order valence-corrected chi connectivity index (χ3v) is 3.25. The normalized spacial score (nSPS) is 12.0. The highest BCUT2D eigenvalue weighted by molar-refractivity contribution is 5.45. The highest BCUT2D eigenvalue weighted by atomic mass is 16.5. The van der Waals surface area contributed by atoms with Crippen LogP contribution in [0, 0.1) is 0 Å². The molecule has 2 aromatic carbocycles. The van der Waals surface area contributed by atoms with Crippen LogP contribution in [0.1, 0.15) is 25.8 Å². The Morgan fingerprint density at radius 2 is 1.81 bits per heavy atom. The van der Waals surface area contributed by atoms with Crippen molar-refractivity contribution in [1.29, 1.82) is 0 Å². The third-order valence-electron chi connectivity index (χ3n) is 3.25. The lowest BCUT2D eigenvalue weighted by Crippen LogP contribution is -2.13. The van der Waals surface area contributed by atoms with Gasteiger partial charge in [-0.15, -0.1) is 0 Å². The van der Waals surface area contributed by atoms with E-state index >= 15 is 0 Å². The Balaban J connectivity index is 2.23. The van der Waals surface area contributed by atoms with Crippen LogP contribution in [0.25, 0.3) is 0 Å². The van der Waals surface area contributed by atoms with Gasteiger partial charge in [-0.3, -0.25) is 0 Å². The zero-order valence-electron chi connectivity index (χ0n) is 12.6. The van der Waals surface area contributed by atoms with E-state index in [1.807, 2.05) is 55.5 Å². The predicted octanol–water partition coefficient (Wildman–Crippen LogP) is 4.19. The van der Waals surface area contributed by atoms with Crippen LogP contribution in [0.2, 0.25) is 0 Å². The van der Waals surface area contributed by atoms with Crippen LogP contribution in [-0.2, 0) is 6.42 Å². The average molecular weight is 286 g/mol. The van der Waals surface area contributed by atoms with E-state index in [9.17, 15) is 0 Å². The Kier molecular flexibility index (Phi) is 5.64. The smallest absolute Gasteiger partial charge is 0.169 e. The Labute approximate surface area is 126 Å². The van der Waals surface area contributed by atoms with Crippen LogP contribution in [0.4, 0.5) is 0 Å². The first-order valence-corrected chi connectivity index (χ1v) is 7.36. The van der Waals surface area contributed by atoms with Gasteiger partial charge in [-0.05, 0) is 43.2 Å². The van der Waals surface area contributed by atoms with Gasteiger partial charge >= 0.3 is 0 Å². The molecule has 112 valence electrons. The summed E-state index contributed by atoms with van der Waals surface area (Å²) in [4.78, 5) is 0. The summed E-state index contributed by atoms with van der Waals surface area (Å²) in [7, 11) is 0. The fraction of sp³-hybridized carbons (Fsp3) is 0.333. The molecular weight excluding hydrogens is 264 g/mol. The summed E-state index contributed by atoms with van der Waals surface area (Å²) in [6.45, 7) is 4.16. The first-order chi connectivity index (χ1) is 10.2. The van der Waals surface area contributed by atoms with Crippen LogP contribution >= 0.6 is 0 Å². The molecule has 21 heavy (non-hydrogen) atoms. The molecule has 0 fully saturated rings. The molecule has 3 nitrogen and oxygen atoms in total. The van der Waals surface area contributed by atoms with Crippen molar-refractivity contribution in [2.75, 3.05) is 6.61 Å². The number of hydrogen-bond acceptors (Lipinski definition) is 3. The molecule has 0 saturated heterocycles. The molecule has 1 atom stereocenters. The molecule has 0 radical (unpaired) electrons. The molecule has 0 spiro atoms. The summed E-state index contributed by atoms with van der Waals surface area (Å²) >= 11 is 0. The summed E-state index contributed by atoms with van der Waals surface area (Å²) in [5, 5.41) is 8.99. The molecule has 0 aromatic heterocycles. The number of para-hydroxylation sites is 1. The van der Waals surface area contributed by atoms with Gasteiger partial charge in [0.2, 0.25) is 0 Å². The van der Waals surface area contributed by atoms with Crippen molar-refractivity contribution < 1.29 is 14.6 Å². The summed E-state index contributed by atoms with van der Waals surface area (Å²) in [6, 6.07) is 15.6. The van der Waals surface area contributed by atoms with Crippen molar-refractivity contribution in [3.05, 3.63) is 54.1 Å². The van der Waals surface area contributed by atoms with Crippen molar-refractivity contribution in [3.8, 4) is 17.2 Å². The number of aliphatic hydroxyl groups is 1. The van der Waals surface area contributed by atoms with Crippen LogP contribution in [0.5, 0.6) is 17.2 Å². The molecule has 0 heterocycles. The van der Waals surface area contributed by atoms with Crippen LogP contribution in [0.15, 0.2) is 48.5 Å². The maximum absolute atomic E-state index is 8.99. The topological polar surface area (TPSA) is 38.7 Å². The lowest BCUT2D eigenvalue weighted by molar-refractivity contribution is 0.165. The van der Waals surface area contributed by atoms with E-state index in [0.29, 0.717) is 17.9 Å². The van der Waals surface area contributed by atoms with Gasteiger partial charge in [0.15, 0.2) is 11.5 Å². The number of aliphatic hydroxyl groups excluding tert-OH is 1. The minimum atomic E-state index is -0.0550. The molecular formula is C18H22O3. The first kappa shape index (κ1) is 15.4. The van der Waals surface area contributed by atoms with Gasteiger partial charge < -0.3 is 14.6 Å². The highest BCUT2D eigenvalue weighted by Crippen LogP contribution is 2.33. The van der Waals surface area contributed by atoms with Gasteiger partial charge in [0.25, 0.3) is 0 Å². The molecule has 3 heteroatoms. The minimum absolute atomic E-state index is 0.0550. The van der Waals surface area contributed by atoms with Gasteiger partial charge in [-0.2, -0.15) is 0 Å². The zero-order chi connectivity index (χ0) is 15.1. The third kappa shape index (κ3) is 4.50. The van der Waals surface area contributed by atoms with E-state index < -0.39 is 0 Å². The van der Waals surface area contributed by atoms with E-state index in [2.05, 4.69) is 6.92 Å². The van der Waals surface area contributed by atoms with Gasteiger partial charge in [-0.25, -0.2) is 0 Å². The molecule has 0 aliphatic carbocycles. The standard InChI is InChI=1S/C18H22O3/c1-3-15-9-10-17(20-14(2)11-12-19)18(13-15)21-16-7-5-4-6-8-16/h4-10,13-14,19H,3,11-12H2,1-2H3/t14-/m1/s1. The van der Waals surface area contributed by atoms with Crippen molar-refractivity contribution in [1.82, 2.24) is 0 Å². The molecule has 0 aliphatic heterocycles. The van der Waals surface area contributed by atoms with E-state index in [4.69, 9.17) is 14.6 Å². The summed E-state index contributed by atoms with van der Waals surface area (Å²) in [6.07, 6.45) is 1.48. The van der Waals surface area contributed by atoms with Gasteiger partial charge in [0.05, 0.1) is 6.10 Å². The molecule has 0 amide bonds. The zero-order valence-corrected chi connectivity index (χ0v) is 12.6. The second-order valence-electron chi connectivity index (χ2n) is 4.99. The monoisotopic (exact) mass is 286 g/mol. The quantitative estimate of drug-likeness (QED) is 0.829. The average Bonchev–Trinajstić information content (AvgIpc) is 2.50. The maximum atomic E-state index is 8.99. The van der Waals surface area contributed by atoms with E-state index in [-0.39, 0.29) is 12.7 Å². The first-order valence-electron chi connectivity index (χ1n) is 7.36. The minimum Gasteiger partial charge on any atom is -0.487 e. The Morgan fingerprint density at radius 1 is 1.05 bits per heavy atom. The molecule has 2 aromatic rings. The van der Waals surface area contributed by atoms with Crippen LogP contribution in [-0.4, -0.2) is 17.8 Å². The fourth-order valence-electron chi connectivity index (χ4n) is 2.02. The largest absolute Gasteiger partial charge is 0.487 e. The summed E-state index contributed by atoms with van der Waals surface area (Å²) in [5.74, 6) is 2.20. The number of rotatable bonds is 7. The van der Waals surface area contributed by atoms with Crippen molar-refractivity contribution in [2.24, 2.45) is 0 Å². The van der Waals surface area contributed by atoms with Crippen molar-refractivity contribution >= 4 is 0 Å². The predicted molar refractivity (Wildman–Crippen MR) is 84.1 cm³/mol. The second kappa shape index (κ2) is 7.70. The number of aryl methyl sites for hydroxylation is 1. The number of benzene rings is 2. The lowest BCUT2D eigenvalue weighted by Gasteiger charge is -2.17.